The molecule has 0 saturated heterocycles. The van der Waals surface area contributed by atoms with Gasteiger partial charge in [0.1, 0.15) is 6.10 Å². The van der Waals surface area contributed by atoms with Gasteiger partial charge in [0.2, 0.25) is 5.75 Å². The topological polar surface area (TPSA) is 47.9 Å². The molecule has 0 saturated carbocycles. The van der Waals surface area contributed by atoms with Crippen LogP contribution in [0.5, 0.6) is 17.2 Å². The lowest BCUT2D eigenvalue weighted by atomic mass is 10.1. The number of thiophene rings is 1. The Bertz CT molecular complexity index is 572. The molecule has 0 aliphatic rings. The van der Waals surface area contributed by atoms with E-state index in [0.29, 0.717) is 22.8 Å². The first-order chi connectivity index (χ1) is 9.62. The van der Waals surface area contributed by atoms with E-state index in [1.54, 1.807) is 33.5 Å². The molecule has 108 valence electrons. The van der Waals surface area contributed by atoms with Crippen molar-refractivity contribution in [1.82, 2.24) is 0 Å². The van der Waals surface area contributed by atoms with Crippen LogP contribution < -0.4 is 14.2 Å². The molecule has 1 unspecified atom stereocenters. The molecule has 2 rings (SSSR count). The van der Waals surface area contributed by atoms with E-state index in [1.807, 2.05) is 11.4 Å². The van der Waals surface area contributed by atoms with E-state index in [0.717, 1.165) is 9.35 Å². The number of ether oxygens (including phenoxy) is 3. The minimum Gasteiger partial charge on any atom is -0.493 e. The molecular weight excluding hydrogens is 344 g/mol. The first kappa shape index (κ1) is 15.2. The Hall–Kier alpha value is -1.24. The van der Waals surface area contributed by atoms with Gasteiger partial charge in [-0.1, -0.05) is 0 Å². The Balaban J connectivity index is 2.49. The van der Waals surface area contributed by atoms with Crippen LogP contribution in [0.2, 0.25) is 0 Å². The third-order valence-electron chi connectivity index (χ3n) is 2.90. The summed E-state index contributed by atoms with van der Waals surface area (Å²) in [5.74, 6) is 1.55. The van der Waals surface area contributed by atoms with Crippen LogP contribution in [0.4, 0.5) is 0 Å². The number of hydrogen-bond donors (Lipinski definition) is 1. The van der Waals surface area contributed by atoms with Gasteiger partial charge in [-0.2, -0.15) is 0 Å². The normalized spacial score (nSPS) is 12.1. The zero-order valence-electron chi connectivity index (χ0n) is 11.3. The van der Waals surface area contributed by atoms with Gasteiger partial charge in [0.15, 0.2) is 11.5 Å². The fourth-order valence-electron chi connectivity index (χ4n) is 1.91. The van der Waals surface area contributed by atoms with Crippen LogP contribution in [-0.2, 0) is 0 Å². The Morgan fingerprint density at radius 2 is 1.70 bits per heavy atom. The first-order valence-electron chi connectivity index (χ1n) is 5.83. The average molecular weight is 359 g/mol. The van der Waals surface area contributed by atoms with Crippen molar-refractivity contribution in [3.8, 4) is 17.2 Å². The lowest BCUT2D eigenvalue weighted by Gasteiger charge is -2.16. The van der Waals surface area contributed by atoms with E-state index in [2.05, 4.69) is 15.9 Å². The molecule has 4 nitrogen and oxygen atoms in total. The molecule has 1 heterocycles. The van der Waals surface area contributed by atoms with Crippen LogP contribution in [0.15, 0.2) is 28.1 Å². The Kier molecular flexibility index (Phi) is 4.91. The Labute approximate surface area is 130 Å². The quantitative estimate of drug-likeness (QED) is 0.886. The van der Waals surface area contributed by atoms with Crippen LogP contribution in [-0.4, -0.2) is 26.4 Å². The fraction of sp³-hybridized carbons (Fsp3) is 0.286. The van der Waals surface area contributed by atoms with Crippen molar-refractivity contribution in [3.63, 3.8) is 0 Å². The van der Waals surface area contributed by atoms with E-state index in [-0.39, 0.29) is 0 Å². The maximum Gasteiger partial charge on any atom is 0.203 e. The van der Waals surface area contributed by atoms with Gasteiger partial charge in [0.25, 0.3) is 0 Å². The van der Waals surface area contributed by atoms with E-state index in [4.69, 9.17) is 14.2 Å². The van der Waals surface area contributed by atoms with E-state index in [1.165, 1.54) is 11.3 Å². The summed E-state index contributed by atoms with van der Waals surface area (Å²) in [7, 11) is 4.65. The van der Waals surface area contributed by atoms with Crippen molar-refractivity contribution < 1.29 is 19.3 Å². The van der Waals surface area contributed by atoms with Crippen molar-refractivity contribution in [2.24, 2.45) is 0 Å². The molecule has 1 N–H and O–H groups in total. The van der Waals surface area contributed by atoms with E-state index in [9.17, 15) is 5.11 Å². The van der Waals surface area contributed by atoms with Crippen LogP contribution in [0.1, 0.15) is 16.5 Å². The maximum atomic E-state index is 10.5. The highest BCUT2D eigenvalue weighted by Crippen LogP contribution is 2.42. The van der Waals surface area contributed by atoms with Crippen molar-refractivity contribution >= 4 is 27.3 Å². The molecule has 1 aromatic carbocycles. The predicted molar refractivity (Wildman–Crippen MR) is 82.2 cm³/mol. The summed E-state index contributed by atoms with van der Waals surface area (Å²) in [6.07, 6.45) is -0.752. The summed E-state index contributed by atoms with van der Waals surface area (Å²) < 4.78 is 16.7. The minimum absolute atomic E-state index is 0.510. The zero-order valence-corrected chi connectivity index (χ0v) is 13.7. The average Bonchev–Trinajstić information content (AvgIpc) is 2.90. The van der Waals surface area contributed by atoms with Gasteiger partial charge in [-0.25, -0.2) is 0 Å². The molecule has 20 heavy (non-hydrogen) atoms. The largest absolute Gasteiger partial charge is 0.493 e. The number of rotatable bonds is 5. The van der Waals surface area contributed by atoms with E-state index >= 15 is 0 Å². The smallest absolute Gasteiger partial charge is 0.203 e. The monoisotopic (exact) mass is 358 g/mol. The number of halogens is 1. The summed E-state index contributed by atoms with van der Waals surface area (Å²) in [5, 5.41) is 12.4. The van der Waals surface area contributed by atoms with Gasteiger partial charge in [0.05, 0.1) is 26.2 Å². The van der Waals surface area contributed by atoms with Gasteiger partial charge < -0.3 is 19.3 Å². The zero-order chi connectivity index (χ0) is 14.7. The molecule has 1 aromatic heterocycles. The summed E-state index contributed by atoms with van der Waals surface area (Å²) in [5.41, 5.74) is 0.683. The molecule has 0 aliphatic carbocycles. The fourth-order valence-corrected chi connectivity index (χ4v) is 3.51. The second-order valence-electron chi connectivity index (χ2n) is 3.99. The molecule has 0 amide bonds. The Morgan fingerprint density at radius 3 is 2.10 bits per heavy atom. The van der Waals surface area contributed by atoms with Crippen molar-refractivity contribution in [2.45, 2.75) is 6.10 Å². The second kappa shape index (κ2) is 6.47. The van der Waals surface area contributed by atoms with Gasteiger partial charge in [0, 0.05) is 4.47 Å². The highest BCUT2D eigenvalue weighted by atomic mass is 79.9. The Morgan fingerprint density at radius 1 is 1.10 bits per heavy atom. The number of hydrogen-bond acceptors (Lipinski definition) is 5. The standard InChI is InChI=1S/C14H15BrO4S/c1-17-10-6-8(7-11(18-2)13(10)19-3)12(16)14-9(15)4-5-20-14/h4-7,12,16H,1-3H3. The molecule has 0 radical (unpaired) electrons. The van der Waals surface area contributed by atoms with Gasteiger partial charge in [-0.15, -0.1) is 11.3 Å². The highest BCUT2D eigenvalue weighted by Gasteiger charge is 2.20. The van der Waals surface area contributed by atoms with E-state index < -0.39 is 6.10 Å². The molecule has 0 aliphatic heterocycles. The molecule has 6 heteroatoms. The summed E-state index contributed by atoms with van der Waals surface area (Å²) in [6.45, 7) is 0. The van der Waals surface area contributed by atoms with Crippen molar-refractivity contribution in [1.29, 1.82) is 0 Å². The third kappa shape index (κ3) is 2.77. The molecule has 1 atom stereocenters. The molecule has 0 fully saturated rings. The van der Waals surface area contributed by atoms with Crippen LogP contribution in [0, 0.1) is 0 Å². The van der Waals surface area contributed by atoms with Crippen molar-refractivity contribution in [3.05, 3.63) is 38.5 Å². The third-order valence-corrected chi connectivity index (χ3v) is 4.82. The van der Waals surface area contributed by atoms with Crippen LogP contribution in [0.25, 0.3) is 0 Å². The van der Waals surface area contributed by atoms with Crippen LogP contribution >= 0.6 is 27.3 Å². The lowest BCUT2D eigenvalue weighted by Crippen LogP contribution is -2.02. The molecule has 0 spiro atoms. The van der Waals surface area contributed by atoms with Gasteiger partial charge >= 0.3 is 0 Å². The van der Waals surface area contributed by atoms with Gasteiger partial charge in [-0.3, -0.25) is 0 Å². The predicted octanol–water partition coefficient (Wildman–Crippen LogP) is 3.62. The number of aliphatic hydroxyl groups excluding tert-OH is 1. The summed E-state index contributed by atoms with van der Waals surface area (Å²) in [6, 6.07) is 5.40. The minimum atomic E-state index is -0.752. The molecular formula is C14H15BrO4S. The van der Waals surface area contributed by atoms with Gasteiger partial charge in [-0.05, 0) is 45.1 Å². The molecule has 2 aromatic rings. The molecule has 0 bridgehead atoms. The number of aliphatic hydroxyl groups is 1. The second-order valence-corrected chi connectivity index (χ2v) is 5.80. The highest BCUT2D eigenvalue weighted by molar-refractivity contribution is 9.10. The number of benzene rings is 1. The maximum absolute atomic E-state index is 10.5. The summed E-state index contributed by atoms with van der Waals surface area (Å²) in [4.78, 5) is 0.833. The lowest BCUT2D eigenvalue weighted by molar-refractivity contribution is 0.221. The first-order valence-corrected chi connectivity index (χ1v) is 7.50. The SMILES string of the molecule is COc1cc(C(O)c2sccc2Br)cc(OC)c1OC. The van der Waals surface area contributed by atoms with Crippen LogP contribution in [0.3, 0.4) is 0 Å². The summed E-state index contributed by atoms with van der Waals surface area (Å²) >= 11 is 4.91. The van der Waals surface area contributed by atoms with Crippen molar-refractivity contribution in [2.75, 3.05) is 21.3 Å². The number of methoxy groups -OCH3 is 3.